The predicted octanol–water partition coefficient (Wildman–Crippen LogP) is 2.47. The molecule has 2 heterocycles. The number of nitrogens with one attached hydrogen (secondary N) is 2. The Kier molecular flexibility index (Phi) is 4.88. The van der Waals surface area contributed by atoms with Gasteiger partial charge in [-0.25, -0.2) is 4.79 Å². The molecule has 1 aliphatic heterocycles. The van der Waals surface area contributed by atoms with Gasteiger partial charge < -0.3 is 19.7 Å². The predicted molar refractivity (Wildman–Crippen MR) is 89.1 cm³/mol. The maximum absolute atomic E-state index is 12.6. The van der Waals surface area contributed by atoms with Crippen LogP contribution in [0.4, 0.5) is 4.79 Å². The SMILES string of the molecule is COc1ccc(OC)c([C@H]2CCCN2C(=O)NCc2ccn[nH]2)c1. The average Bonchev–Trinajstić information content (AvgIpc) is 3.30. The summed E-state index contributed by atoms with van der Waals surface area (Å²) in [6, 6.07) is 7.43. The molecule has 7 nitrogen and oxygen atoms in total. The topological polar surface area (TPSA) is 79.5 Å². The molecular formula is C17H22N4O3. The van der Waals surface area contributed by atoms with Crippen molar-refractivity contribution in [3.05, 3.63) is 41.7 Å². The first-order valence-electron chi connectivity index (χ1n) is 7.97. The monoisotopic (exact) mass is 330 g/mol. The zero-order valence-electron chi connectivity index (χ0n) is 13.9. The van der Waals surface area contributed by atoms with Gasteiger partial charge in [0.25, 0.3) is 0 Å². The molecule has 1 fully saturated rings. The first-order valence-corrected chi connectivity index (χ1v) is 7.97. The largest absolute Gasteiger partial charge is 0.497 e. The van der Waals surface area contributed by atoms with Gasteiger partial charge in [-0.1, -0.05) is 0 Å². The van der Waals surface area contributed by atoms with Crippen molar-refractivity contribution in [2.75, 3.05) is 20.8 Å². The third-order valence-electron chi connectivity index (χ3n) is 4.30. The fourth-order valence-corrected chi connectivity index (χ4v) is 3.09. The second-order valence-corrected chi connectivity index (χ2v) is 5.70. The van der Waals surface area contributed by atoms with Gasteiger partial charge in [-0.2, -0.15) is 5.10 Å². The van der Waals surface area contributed by atoms with E-state index in [-0.39, 0.29) is 12.1 Å². The summed E-state index contributed by atoms with van der Waals surface area (Å²) in [5, 5.41) is 9.66. The molecule has 1 aliphatic rings. The van der Waals surface area contributed by atoms with Gasteiger partial charge in [-0.05, 0) is 37.1 Å². The van der Waals surface area contributed by atoms with Crippen LogP contribution in [0.2, 0.25) is 0 Å². The Morgan fingerprint density at radius 2 is 2.25 bits per heavy atom. The second-order valence-electron chi connectivity index (χ2n) is 5.70. The Morgan fingerprint density at radius 3 is 2.96 bits per heavy atom. The molecule has 1 atom stereocenters. The molecule has 24 heavy (non-hydrogen) atoms. The van der Waals surface area contributed by atoms with Gasteiger partial charge in [0.1, 0.15) is 11.5 Å². The summed E-state index contributed by atoms with van der Waals surface area (Å²) in [5.41, 5.74) is 1.85. The van der Waals surface area contributed by atoms with Crippen molar-refractivity contribution >= 4 is 6.03 Å². The molecule has 128 valence electrons. The van der Waals surface area contributed by atoms with Crippen molar-refractivity contribution in [2.45, 2.75) is 25.4 Å². The van der Waals surface area contributed by atoms with E-state index in [9.17, 15) is 4.79 Å². The van der Waals surface area contributed by atoms with Gasteiger partial charge in [0.05, 0.1) is 32.5 Å². The summed E-state index contributed by atoms with van der Waals surface area (Å²) in [7, 11) is 3.28. The highest BCUT2D eigenvalue weighted by atomic mass is 16.5. The maximum atomic E-state index is 12.6. The molecule has 0 saturated carbocycles. The molecule has 1 aromatic heterocycles. The number of amides is 2. The molecule has 0 spiro atoms. The number of aromatic nitrogens is 2. The molecule has 3 rings (SSSR count). The minimum atomic E-state index is -0.0861. The number of rotatable bonds is 5. The van der Waals surface area contributed by atoms with Crippen LogP contribution < -0.4 is 14.8 Å². The molecule has 7 heteroatoms. The van der Waals surface area contributed by atoms with E-state index in [1.54, 1.807) is 20.4 Å². The average molecular weight is 330 g/mol. The number of hydrogen-bond donors (Lipinski definition) is 2. The number of H-pyrrole nitrogens is 1. The van der Waals surface area contributed by atoms with Crippen molar-refractivity contribution in [3.63, 3.8) is 0 Å². The van der Waals surface area contributed by atoms with Gasteiger partial charge in [0, 0.05) is 18.3 Å². The van der Waals surface area contributed by atoms with E-state index in [1.807, 2.05) is 29.2 Å². The molecule has 2 aromatic rings. The number of ether oxygens (including phenoxy) is 2. The molecule has 0 aliphatic carbocycles. The molecule has 0 unspecified atom stereocenters. The molecule has 1 saturated heterocycles. The Balaban J connectivity index is 1.76. The van der Waals surface area contributed by atoms with Crippen LogP contribution in [-0.2, 0) is 6.54 Å². The Bertz CT molecular complexity index is 687. The number of methoxy groups -OCH3 is 2. The fourth-order valence-electron chi connectivity index (χ4n) is 3.09. The third kappa shape index (κ3) is 3.29. The summed E-state index contributed by atoms with van der Waals surface area (Å²) in [6.45, 7) is 1.15. The Hall–Kier alpha value is -2.70. The molecule has 0 radical (unpaired) electrons. The summed E-state index contributed by atoms with van der Waals surface area (Å²) in [4.78, 5) is 14.4. The number of hydrogen-bond acceptors (Lipinski definition) is 4. The van der Waals surface area contributed by atoms with E-state index >= 15 is 0 Å². The van der Waals surface area contributed by atoms with Crippen molar-refractivity contribution < 1.29 is 14.3 Å². The van der Waals surface area contributed by atoms with Crippen LogP contribution in [0, 0.1) is 0 Å². The van der Waals surface area contributed by atoms with Crippen LogP contribution in [0.1, 0.15) is 30.1 Å². The Morgan fingerprint density at radius 1 is 1.38 bits per heavy atom. The Labute approximate surface area is 140 Å². The highest BCUT2D eigenvalue weighted by Crippen LogP contribution is 2.38. The normalized spacial score (nSPS) is 16.9. The van der Waals surface area contributed by atoms with Gasteiger partial charge >= 0.3 is 6.03 Å². The van der Waals surface area contributed by atoms with Crippen LogP contribution in [0.3, 0.4) is 0 Å². The first kappa shape index (κ1) is 16.2. The number of aromatic amines is 1. The van der Waals surface area contributed by atoms with Crippen LogP contribution in [-0.4, -0.2) is 41.9 Å². The van der Waals surface area contributed by atoms with Crippen LogP contribution in [0.25, 0.3) is 0 Å². The molecule has 2 amide bonds. The third-order valence-corrected chi connectivity index (χ3v) is 4.30. The van der Waals surface area contributed by atoms with Crippen molar-refractivity contribution in [1.29, 1.82) is 0 Å². The number of benzene rings is 1. The standard InChI is InChI=1S/C17H22N4O3/c1-23-13-5-6-16(24-2)14(10-13)15-4-3-9-21(15)17(22)18-11-12-7-8-19-20-12/h5-8,10,15H,3-4,9,11H2,1-2H3,(H,18,22)(H,19,20)/t15-/m1/s1. The zero-order valence-corrected chi connectivity index (χ0v) is 13.9. The maximum Gasteiger partial charge on any atom is 0.318 e. The quantitative estimate of drug-likeness (QED) is 0.883. The molecular weight excluding hydrogens is 308 g/mol. The van der Waals surface area contributed by atoms with Crippen molar-refractivity contribution in [2.24, 2.45) is 0 Å². The number of likely N-dealkylation sites (tertiary alicyclic amines) is 1. The van der Waals surface area contributed by atoms with Crippen LogP contribution in [0.5, 0.6) is 11.5 Å². The highest BCUT2D eigenvalue weighted by Gasteiger charge is 2.32. The lowest BCUT2D eigenvalue weighted by Crippen LogP contribution is -2.39. The van der Waals surface area contributed by atoms with Gasteiger partial charge in [-0.15, -0.1) is 0 Å². The zero-order chi connectivity index (χ0) is 16.9. The fraction of sp³-hybridized carbons (Fsp3) is 0.412. The smallest absolute Gasteiger partial charge is 0.318 e. The number of nitrogens with zero attached hydrogens (tertiary/aromatic N) is 2. The van der Waals surface area contributed by atoms with Crippen LogP contribution >= 0.6 is 0 Å². The van der Waals surface area contributed by atoms with Crippen LogP contribution in [0.15, 0.2) is 30.5 Å². The summed E-state index contributed by atoms with van der Waals surface area (Å²) < 4.78 is 10.8. The summed E-state index contributed by atoms with van der Waals surface area (Å²) in [6.07, 6.45) is 3.53. The van der Waals surface area contributed by atoms with E-state index in [1.165, 1.54) is 0 Å². The lowest BCUT2D eigenvalue weighted by Gasteiger charge is -2.26. The van der Waals surface area contributed by atoms with E-state index < -0.39 is 0 Å². The van der Waals surface area contributed by atoms with Crippen molar-refractivity contribution in [3.8, 4) is 11.5 Å². The minimum absolute atomic E-state index is 0.0168. The number of carbonyl (C=O) groups excluding carboxylic acids is 1. The first-order chi connectivity index (χ1) is 11.7. The van der Waals surface area contributed by atoms with Crippen molar-refractivity contribution in [1.82, 2.24) is 20.4 Å². The number of carbonyl (C=O) groups is 1. The van der Waals surface area contributed by atoms with Gasteiger partial charge in [-0.3, -0.25) is 5.10 Å². The van der Waals surface area contributed by atoms with E-state index in [2.05, 4.69) is 15.5 Å². The summed E-state index contributed by atoms with van der Waals surface area (Å²) >= 11 is 0. The molecule has 2 N–H and O–H groups in total. The summed E-state index contributed by atoms with van der Waals surface area (Å²) in [5.74, 6) is 1.53. The molecule has 0 bridgehead atoms. The van der Waals surface area contributed by atoms with E-state index in [4.69, 9.17) is 9.47 Å². The van der Waals surface area contributed by atoms with Gasteiger partial charge in [0.15, 0.2) is 0 Å². The minimum Gasteiger partial charge on any atom is -0.497 e. The number of urea groups is 1. The molecule has 1 aromatic carbocycles. The second kappa shape index (κ2) is 7.25. The lowest BCUT2D eigenvalue weighted by molar-refractivity contribution is 0.191. The van der Waals surface area contributed by atoms with Gasteiger partial charge in [0.2, 0.25) is 0 Å². The van der Waals surface area contributed by atoms with E-state index in [0.717, 1.165) is 42.1 Å². The highest BCUT2D eigenvalue weighted by molar-refractivity contribution is 5.75. The lowest BCUT2D eigenvalue weighted by atomic mass is 10.0. The van der Waals surface area contributed by atoms with E-state index in [0.29, 0.717) is 6.54 Å².